The minimum atomic E-state index is -4.78. The van der Waals surface area contributed by atoms with E-state index in [0.29, 0.717) is 3.57 Å². The molecule has 0 aromatic heterocycles. The number of halogens is 5. The Labute approximate surface area is 114 Å². The molecule has 0 heterocycles. The van der Waals surface area contributed by atoms with Gasteiger partial charge < -0.3 is 4.74 Å². The fraction of sp³-hybridized carbons (Fsp3) is 0.300. The second-order valence-corrected chi connectivity index (χ2v) is 4.99. The van der Waals surface area contributed by atoms with Gasteiger partial charge in [-0.1, -0.05) is 0 Å². The summed E-state index contributed by atoms with van der Waals surface area (Å²) in [4.78, 5) is 11.6. The maximum Gasteiger partial charge on any atom is 0.573 e. The number of hydrogen-bond donors (Lipinski definition) is 0. The van der Waals surface area contributed by atoms with Crippen LogP contribution in [0.15, 0.2) is 18.2 Å². The second kappa shape index (κ2) is 5.43. The Hall–Kier alpha value is -0.500. The molecule has 7 heteroatoms. The summed E-state index contributed by atoms with van der Waals surface area (Å²) in [6, 6.07) is 3.55. The Morgan fingerprint density at radius 1 is 1.47 bits per heavy atom. The molecule has 0 aliphatic heterocycles. The Balaban J connectivity index is 3.07. The summed E-state index contributed by atoms with van der Waals surface area (Å²) in [6.45, 7) is 1.46. The van der Waals surface area contributed by atoms with Crippen molar-refractivity contribution in [2.45, 2.75) is 18.7 Å². The van der Waals surface area contributed by atoms with Crippen LogP contribution in [-0.4, -0.2) is 17.5 Å². The first-order valence-corrected chi connectivity index (χ1v) is 5.96. The van der Waals surface area contributed by atoms with E-state index in [0.717, 1.165) is 12.1 Å². The van der Waals surface area contributed by atoms with Crippen LogP contribution in [0.25, 0.3) is 0 Å². The van der Waals surface area contributed by atoms with Crippen LogP contribution in [0.4, 0.5) is 13.2 Å². The first kappa shape index (κ1) is 14.6. The smallest absolute Gasteiger partial charge is 0.406 e. The van der Waals surface area contributed by atoms with Crippen LogP contribution in [-0.2, 0) is 0 Å². The Bertz CT molecular complexity index is 432. The molecule has 94 valence electrons. The lowest BCUT2D eigenvalue weighted by atomic mass is 10.1. The molecule has 1 rings (SSSR count). The van der Waals surface area contributed by atoms with E-state index in [4.69, 9.17) is 11.6 Å². The largest absolute Gasteiger partial charge is 0.573 e. The van der Waals surface area contributed by atoms with Gasteiger partial charge in [-0.2, -0.15) is 0 Å². The van der Waals surface area contributed by atoms with Crippen molar-refractivity contribution in [1.29, 1.82) is 0 Å². The molecule has 1 unspecified atom stereocenters. The molecule has 0 aliphatic carbocycles. The van der Waals surface area contributed by atoms with E-state index in [2.05, 4.69) is 4.74 Å². The Morgan fingerprint density at radius 2 is 2.06 bits per heavy atom. The first-order valence-electron chi connectivity index (χ1n) is 4.44. The Kier molecular flexibility index (Phi) is 4.65. The molecule has 0 aliphatic rings. The number of carbonyl (C=O) groups is 1. The van der Waals surface area contributed by atoms with Crippen molar-refractivity contribution in [2.75, 3.05) is 0 Å². The van der Waals surface area contributed by atoms with Crippen molar-refractivity contribution in [1.82, 2.24) is 0 Å². The zero-order valence-corrected chi connectivity index (χ0v) is 11.4. The standard InChI is InChI=1S/C10H7ClF3IO2/c1-5(11)9(16)7-4-6(2-3-8(7)15)17-10(12,13)14/h2-5H,1H3. The predicted octanol–water partition coefficient (Wildman–Crippen LogP) is 4.00. The van der Waals surface area contributed by atoms with Crippen LogP contribution in [0.1, 0.15) is 17.3 Å². The molecule has 0 saturated carbocycles. The second-order valence-electron chi connectivity index (χ2n) is 3.17. The summed E-state index contributed by atoms with van der Waals surface area (Å²) in [5, 5.41) is -0.801. The van der Waals surface area contributed by atoms with Gasteiger partial charge in [-0.05, 0) is 47.7 Å². The number of carbonyl (C=O) groups excluding carboxylic acids is 1. The maximum absolute atomic E-state index is 12.0. The van der Waals surface area contributed by atoms with E-state index in [1.807, 2.05) is 22.6 Å². The average Bonchev–Trinajstić information content (AvgIpc) is 2.17. The number of ether oxygens (including phenoxy) is 1. The molecule has 0 spiro atoms. The molecule has 0 radical (unpaired) electrons. The van der Waals surface area contributed by atoms with Gasteiger partial charge in [-0.3, -0.25) is 4.79 Å². The van der Waals surface area contributed by atoms with E-state index in [1.54, 1.807) is 0 Å². The molecule has 0 N–H and O–H groups in total. The fourth-order valence-electron chi connectivity index (χ4n) is 1.10. The van der Waals surface area contributed by atoms with Crippen molar-refractivity contribution in [2.24, 2.45) is 0 Å². The third kappa shape index (κ3) is 4.34. The monoisotopic (exact) mass is 378 g/mol. The Morgan fingerprint density at radius 3 is 2.53 bits per heavy atom. The van der Waals surface area contributed by atoms with E-state index in [-0.39, 0.29) is 5.56 Å². The van der Waals surface area contributed by atoms with Crippen LogP contribution in [0.5, 0.6) is 5.75 Å². The molecule has 17 heavy (non-hydrogen) atoms. The van der Waals surface area contributed by atoms with Gasteiger partial charge in [0, 0.05) is 9.13 Å². The fourth-order valence-corrected chi connectivity index (χ4v) is 1.82. The number of ketones is 1. The highest BCUT2D eigenvalue weighted by Crippen LogP contribution is 2.26. The van der Waals surface area contributed by atoms with E-state index < -0.39 is 23.3 Å². The highest BCUT2D eigenvalue weighted by atomic mass is 127. The van der Waals surface area contributed by atoms with Crippen molar-refractivity contribution in [3.05, 3.63) is 27.3 Å². The molecule has 1 aromatic rings. The quantitative estimate of drug-likeness (QED) is 0.451. The van der Waals surface area contributed by atoms with Gasteiger partial charge in [0.15, 0.2) is 5.78 Å². The third-order valence-electron chi connectivity index (χ3n) is 1.80. The molecule has 0 bridgehead atoms. The lowest BCUT2D eigenvalue weighted by Gasteiger charge is -2.11. The lowest BCUT2D eigenvalue weighted by Crippen LogP contribution is -2.18. The van der Waals surface area contributed by atoms with E-state index in [9.17, 15) is 18.0 Å². The summed E-state index contributed by atoms with van der Waals surface area (Å²) in [5.41, 5.74) is 0.120. The summed E-state index contributed by atoms with van der Waals surface area (Å²) in [6.07, 6.45) is -4.78. The SMILES string of the molecule is CC(Cl)C(=O)c1cc(OC(F)(F)F)ccc1I. The molecular formula is C10H7ClF3IO2. The number of Topliss-reactive ketones (excluding diaryl/α,β-unsaturated/α-hetero) is 1. The van der Waals surface area contributed by atoms with Crippen LogP contribution >= 0.6 is 34.2 Å². The summed E-state index contributed by atoms with van der Waals surface area (Å²) >= 11 is 7.45. The molecule has 0 saturated heterocycles. The normalized spacial score (nSPS) is 13.3. The van der Waals surface area contributed by atoms with Crippen molar-refractivity contribution >= 4 is 40.0 Å². The number of rotatable bonds is 3. The summed E-state index contributed by atoms with van der Waals surface area (Å²) < 4.78 is 40.2. The van der Waals surface area contributed by atoms with Gasteiger partial charge in [0.2, 0.25) is 0 Å². The zero-order valence-electron chi connectivity index (χ0n) is 8.52. The molecule has 0 fully saturated rings. The summed E-state index contributed by atoms with van der Waals surface area (Å²) in [7, 11) is 0. The highest BCUT2D eigenvalue weighted by molar-refractivity contribution is 14.1. The first-order chi connectivity index (χ1) is 7.70. The molecule has 1 aromatic carbocycles. The predicted molar refractivity (Wildman–Crippen MR) is 65.5 cm³/mol. The third-order valence-corrected chi connectivity index (χ3v) is 2.94. The molecular weight excluding hydrogens is 371 g/mol. The maximum atomic E-state index is 12.0. The van der Waals surface area contributed by atoms with Gasteiger partial charge in [0.25, 0.3) is 0 Å². The van der Waals surface area contributed by atoms with Gasteiger partial charge in [0.1, 0.15) is 5.75 Å². The van der Waals surface area contributed by atoms with E-state index >= 15 is 0 Å². The minimum absolute atomic E-state index is 0.120. The van der Waals surface area contributed by atoms with Gasteiger partial charge in [-0.25, -0.2) is 0 Å². The average molecular weight is 379 g/mol. The van der Waals surface area contributed by atoms with Gasteiger partial charge in [0.05, 0.1) is 5.38 Å². The topological polar surface area (TPSA) is 26.3 Å². The molecule has 1 atom stereocenters. The van der Waals surface area contributed by atoms with Crippen molar-refractivity contribution in [3.8, 4) is 5.75 Å². The van der Waals surface area contributed by atoms with Crippen molar-refractivity contribution in [3.63, 3.8) is 0 Å². The van der Waals surface area contributed by atoms with Crippen LogP contribution in [0.2, 0.25) is 0 Å². The van der Waals surface area contributed by atoms with Gasteiger partial charge >= 0.3 is 6.36 Å². The van der Waals surface area contributed by atoms with Gasteiger partial charge in [-0.15, -0.1) is 24.8 Å². The number of hydrogen-bond acceptors (Lipinski definition) is 2. The highest BCUT2D eigenvalue weighted by Gasteiger charge is 2.31. The lowest BCUT2D eigenvalue weighted by molar-refractivity contribution is -0.274. The molecule has 2 nitrogen and oxygen atoms in total. The van der Waals surface area contributed by atoms with Crippen LogP contribution in [0, 0.1) is 3.57 Å². The summed E-state index contributed by atoms with van der Waals surface area (Å²) in [5.74, 6) is -0.873. The van der Waals surface area contributed by atoms with E-state index in [1.165, 1.54) is 13.0 Å². The number of alkyl halides is 4. The minimum Gasteiger partial charge on any atom is -0.406 e. The van der Waals surface area contributed by atoms with Crippen molar-refractivity contribution < 1.29 is 22.7 Å². The van der Waals surface area contributed by atoms with Crippen LogP contribution in [0.3, 0.4) is 0 Å². The zero-order chi connectivity index (χ0) is 13.2. The number of benzene rings is 1. The van der Waals surface area contributed by atoms with Crippen LogP contribution < -0.4 is 4.74 Å². The molecule has 0 amide bonds.